The smallest absolute Gasteiger partial charge is 0.270 e. The van der Waals surface area contributed by atoms with E-state index in [2.05, 4.69) is 15.9 Å². The molecule has 2 aromatic carbocycles. The van der Waals surface area contributed by atoms with E-state index in [0.29, 0.717) is 0 Å². The highest BCUT2D eigenvalue weighted by molar-refractivity contribution is 9.10. The largest absolute Gasteiger partial charge is 0.314 e. The minimum atomic E-state index is -0.534. The van der Waals surface area contributed by atoms with Gasteiger partial charge in [0, 0.05) is 41.0 Å². The van der Waals surface area contributed by atoms with Crippen LogP contribution in [0.3, 0.4) is 0 Å². The van der Waals surface area contributed by atoms with Gasteiger partial charge in [-0.05, 0) is 12.1 Å². The van der Waals surface area contributed by atoms with Gasteiger partial charge in [0.05, 0.1) is 17.2 Å². The number of nitrogens with one attached hydrogen (secondary N) is 1. The van der Waals surface area contributed by atoms with Crippen LogP contribution in [-0.4, -0.2) is 19.8 Å². The van der Waals surface area contributed by atoms with Gasteiger partial charge in [-0.25, -0.2) is 0 Å². The molecule has 1 N–H and O–H groups in total. The van der Waals surface area contributed by atoms with Gasteiger partial charge in [-0.15, -0.1) is 0 Å². The zero-order valence-corrected chi connectivity index (χ0v) is 15.4. The highest BCUT2D eigenvalue weighted by Gasteiger charge is 2.15. The molecular weight excluding hydrogens is 400 g/mol. The third kappa shape index (κ3) is 3.50. The van der Waals surface area contributed by atoms with Crippen molar-refractivity contribution >= 4 is 27.4 Å². The van der Waals surface area contributed by atoms with E-state index in [-0.39, 0.29) is 29.2 Å². The molecule has 0 saturated carbocycles. The number of imidazole rings is 1. The average molecular weight is 415 g/mol. The lowest BCUT2D eigenvalue weighted by atomic mass is 10.1. The normalized spacial score (nSPS) is 10.7. The number of hydrogen-bond acceptors (Lipinski definition) is 4. The molecule has 3 rings (SSSR count). The fourth-order valence-electron chi connectivity index (χ4n) is 2.68. The maximum atomic E-state index is 12.5. The first-order valence-corrected chi connectivity index (χ1v) is 8.50. The lowest BCUT2D eigenvalue weighted by Gasteiger charge is -2.02. The summed E-state index contributed by atoms with van der Waals surface area (Å²) in [6.07, 6.45) is 1.74. The molecule has 0 aliphatic heterocycles. The first-order chi connectivity index (χ1) is 12.4. The molecule has 0 amide bonds. The van der Waals surface area contributed by atoms with Crippen molar-refractivity contribution in [3.63, 3.8) is 0 Å². The lowest BCUT2D eigenvalue weighted by molar-refractivity contribution is -0.384. The van der Waals surface area contributed by atoms with Crippen LogP contribution in [0, 0.1) is 15.5 Å². The first-order valence-electron chi connectivity index (χ1n) is 7.71. The van der Waals surface area contributed by atoms with Crippen molar-refractivity contribution in [2.45, 2.75) is 6.54 Å². The summed E-state index contributed by atoms with van der Waals surface area (Å²) in [4.78, 5) is 22.8. The van der Waals surface area contributed by atoms with Crippen molar-refractivity contribution in [2.24, 2.45) is 7.05 Å². The Kier molecular flexibility index (Phi) is 4.85. The number of nitrogens with zero attached hydrogens (tertiary/aromatic N) is 3. The molecule has 0 aliphatic rings. The number of aromatic nitrogens is 2. The maximum Gasteiger partial charge on any atom is 0.270 e. The molecule has 1 aromatic heterocycles. The molecule has 0 spiro atoms. The molecule has 26 heavy (non-hydrogen) atoms. The van der Waals surface area contributed by atoms with Crippen LogP contribution >= 0.6 is 15.9 Å². The van der Waals surface area contributed by atoms with Gasteiger partial charge in [0.1, 0.15) is 0 Å². The molecule has 0 atom stereocenters. The molecule has 3 aromatic rings. The number of halogens is 1. The van der Waals surface area contributed by atoms with Gasteiger partial charge < -0.3 is 9.13 Å². The highest BCUT2D eigenvalue weighted by Crippen LogP contribution is 2.22. The van der Waals surface area contributed by atoms with Gasteiger partial charge in [-0.3, -0.25) is 20.3 Å². The van der Waals surface area contributed by atoms with E-state index in [9.17, 15) is 14.9 Å². The van der Waals surface area contributed by atoms with Crippen LogP contribution in [-0.2, 0) is 13.6 Å². The summed E-state index contributed by atoms with van der Waals surface area (Å²) in [5.74, 6) is -0.293. The van der Waals surface area contributed by atoms with E-state index in [1.54, 1.807) is 17.8 Å². The number of non-ortho nitro benzene ring substituents is 1. The first kappa shape index (κ1) is 17.8. The summed E-state index contributed by atoms with van der Waals surface area (Å²) < 4.78 is 4.13. The number of carbonyl (C=O) groups excluding carboxylic acids is 1. The average Bonchev–Trinajstić information content (AvgIpc) is 2.90. The summed E-state index contributed by atoms with van der Waals surface area (Å²) >= 11 is 3.43. The summed E-state index contributed by atoms with van der Waals surface area (Å²) in [7, 11) is 1.76. The number of benzene rings is 2. The summed E-state index contributed by atoms with van der Waals surface area (Å²) in [6, 6.07) is 13.3. The van der Waals surface area contributed by atoms with Gasteiger partial charge in [0.25, 0.3) is 5.69 Å². The van der Waals surface area contributed by atoms with E-state index in [4.69, 9.17) is 5.41 Å². The predicted molar refractivity (Wildman–Crippen MR) is 99.8 cm³/mol. The molecule has 0 radical (unpaired) electrons. The monoisotopic (exact) mass is 414 g/mol. The Morgan fingerprint density at radius 1 is 1.23 bits per heavy atom. The molecule has 0 fully saturated rings. The quantitative estimate of drug-likeness (QED) is 0.393. The van der Waals surface area contributed by atoms with Crippen LogP contribution in [0.2, 0.25) is 0 Å². The Hall–Kier alpha value is -3.00. The number of nitro benzene ring substituents is 1. The number of nitro groups is 1. The molecule has 0 bridgehead atoms. The zero-order chi connectivity index (χ0) is 18.8. The Balaban J connectivity index is 1.92. The minimum Gasteiger partial charge on any atom is -0.314 e. The standard InChI is InChI=1S/C18H15BrN4O3/c1-21-16(12-4-2-6-14(19)8-12)10-22(18(21)20)11-17(24)13-5-3-7-15(9-13)23(25)26/h2-10,20H,11H2,1H3. The van der Waals surface area contributed by atoms with E-state index < -0.39 is 4.92 Å². The van der Waals surface area contributed by atoms with Crippen LogP contribution in [0.1, 0.15) is 10.4 Å². The zero-order valence-electron chi connectivity index (χ0n) is 13.8. The van der Waals surface area contributed by atoms with Crippen molar-refractivity contribution < 1.29 is 9.72 Å². The fraction of sp³-hybridized carbons (Fsp3) is 0.111. The molecular formula is C18H15BrN4O3. The number of hydrogen-bond donors (Lipinski definition) is 1. The van der Waals surface area contributed by atoms with Crippen molar-refractivity contribution in [2.75, 3.05) is 0 Å². The SMILES string of the molecule is Cn1c(-c2cccc(Br)c2)cn(CC(=O)c2cccc([N+](=O)[O-])c2)c1=N. The third-order valence-electron chi connectivity index (χ3n) is 4.04. The van der Waals surface area contributed by atoms with Gasteiger partial charge in [0.2, 0.25) is 5.62 Å². The second-order valence-electron chi connectivity index (χ2n) is 5.77. The van der Waals surface area contributed by atoms with Crippen LogP contribution in [0.4, 0.5) is 5.69 Å². The summed E-state index contributed by atoms with van der Waals surface area (Å²) in [5.41, 5.74) is 1.99. The Morgan fingerprint density at radius 3 is 2.65 bits per heavy atom. The Bertz CT molecular complexity index is 1070. The Labute approximate surface area is 157 Å². The number of ketones is 1. The van der Waals surface area contributed by atoms with Crippen molar-refractivity contribution in [1.82, 2.24) is 9.13 Å². The number of Topliss-reactive ketones (excluding diaryl/α,β-unsaturated/α-hetero) is 1. The molecule has 8 heteroatoms. The van der Waals surface area contributed by atoms with Gasteiger partial charge in [-0.2, -0.15) is 0 Å². The van der Waals surface area contributed by atoms with Crippen molar-refractivity contribution in [3.05, 3.63) is 80.5 Å². The van der Waals surface area contributed by atoms with Gasteiger partial charge >= 0.3 is 0 Å². The molecule has 1 heterocycles. The van der Waals surface area contributed by atoms with E-state index >= 15 is 0 Å². The second kappa shape index (κ2) is 7.09. The van der Waals surface area contributed by atoms with Gasteiger partial charge in [0.15, 0.2) is 5.78 Å². The second-order valence-corrected chi connectivity index (χ2v) is 6.68. The topological polar surface area (TPSA) is 93.9 Å². The summed E-state index contributed by atoms with van der Waals surface area (Å²) in [5, 5.41) is 19.1. The van der Waals surface area contributed by atoms with Crippen molar-refractivity contribution in [3.8, 4) is 11.3 Å². The van der Waals surface area contributed by atoms with Crippen LogP contribution in [0.25, 0.3) is 11.3 Å². The number of rotatable bonds is 5. The van der Waals surface area contributed by atoms with E-state index in [0.717, 1.165) is 15.7 Å². The maximum absolute atomic E-state index is 12.5. The molecule has 0 saturated heterocycles. The molecule has 0 aliphatic carbocycles. The fourth-order valence-corrected chi connectivity index (χ4v) is 3.08. The van der Waals surface area contributed by atoms with E-state index in [1.165, 1.54) is 28.8 Å². The Morgan fingerprint density at radius 2 is 1.96 bits per heavy atom. The number of carbonyl (C=O) groups is 1. The lowest BCUT2D eigenvalue weighted by Crippen LogP contribution is -2.25. The van der Waals surface area contributed by atoms with Crippen LogP contribution in [0.5, 0.6) is 0 Å². The van der Waals surface area contributed by atoms with Crippen molar-refractivity contribution in [1.29, 1.82) is 5.41 Å². The summed E-state index contributed by atoms with van der Waals surface area (Å²) in [6.45, 7) is -0.0676. The van der Waals surface area contributed by atoms with Gasteiger partial charge in [-0.1, -0.05) is 40.2 Å². The third-order valence-corrected chi connectivity index (χ3v) is 4.54. The van der Waals surface area contributed by atoms with Crippen LogP contribution < -0.4 is 5.62 Å². The highest BCUT2D eigenvalue weighted by atomic mass is 79.9. The van der Waals surface area contributed by atoms with E-state index in [1.807, 2.05) is 24.3 Å². The molecule has 0 unspecified atom stereocenters. The van der Waals surface area contributed by atoms with Crippen LogP contribution in [0.15, 0.2) is 59.2 Å². The molecule has 132 valence electrons. The minimum absolute atomic E-state index is 0.0676. The molecule has 7 nitrogen and oxygen atoms in total. The predicted octanol–water partition coefficient (Wildman–Crippen LogP) is 3.53.